The molecule has 4 nitrogen and oxygen atoms in total. The number of aryl methyl sites for hydroxylation is 1. The van der Waals surface area contributed by atoms with Gasteiger partial charge >= 0.3 is 0 Å². The van der Waals surface area contributed by atoms with Crippen LogP contribution in [0.4, 0.5) is 8.78 Å². The molecule has 0 aliphatic rings. The molecule has 2 rings (SSSR count). The molecule has 0 aliphatic heterocycles. The fourth-order valence-electron chi connectivity index (χ4n) is 1.91. The van der Waals surface area contributed by atoms with Gasteiger partial charge in [-0.15, -0.1) is 0 Å². The standard InChI is InChI=1S/C14H17F2N3O/c1-9(6-7-17)2-5-13-18-14(19-20-13)10-3-4-11(15)12(16)8-10/h3-4,8-9H,2,5-7,17H2,1H3. The Bertz CT molecular complexity index is 571. The molecule has 0 spiro atoms. The fourth-order valence-corrected chi connectivity index (χ4v) is 1.91. The van der Waals surface area contributed by atoms with Crippen LogP contribution in [0, 0.1) is 17.6 Å². The van der Waals surface area contributed by atoms with Crippen LogP contribution in [-0.4, -0.2) is 16.7 Å². The van der Waals surface area contributed by atoms with E-state index in [4.69, 9.17) is 10.3 Å². The van der Waals surface area contributed by atoms with Gasteiger partial charge < -0.3 is 10.3 Å². The van der Waals surface area contributed by atoms with Gasteiger partial charge in [0.05, 0.1) is 0 Å². The first kappa shape index (κ1) is 14.6. The van der Waals surface area contributed by atoms with Gasteiger partial charge in [0.15, 0.2) is 11.6 Å². The van der Waals surface area contributed by atoms with Gasteiger partial charge in [0.25, 0.3) is 0 Å². The Morgan fingerprint density at radius 1 is 1.25 bits per heavy atom. The predicted molar refractivity (Wildman–Crippen MR) is 70.8 cm³/mol. The van der Waals surface area contributed by atoms with Gasteiger partial charge in [-0.2, -0.15) is 4.98 Å². The van der Waals surface area contributed by atoms with Crippen molar-refractivity contribution in [2.24, 2.45) is 11.7 Å². The minimum atomic E-state index is -0.926. The molecule has 1 aromatic heterocycles. The van der Waals surface area contributed by atoms with Crippen molar-refractivity contribution < 1.29 is 13.3 Å². The van der Waals surface area contributed by atoms with Crippen molar-refractivity contribution in [2.75, 3.05) is 6.54 Å². The van der Waals surface area contributed by atoms with Crippen LogP contribution < -0.4 is 5.73 Å². The highest BCUT2D eigenvalue weighted by Crippen LogP contribution is 2.19. The number of hydrogen-bond acceptors (Lipinski definition) is 4. The van der Waals surface area contributed by atoms with Crippen LogP contribution in [0.25, 0.3) is 11.4 Å². The Morgan fingerprint density at radius 3 is 2.75 bits per heavy atom. The summed E-state index contributed by atoms with van der Waals surface area (Å²) in [6.07, 6.45) is 2.50. The number of benzene rings is 1. The van der Waals surface area contributed by atoms with Crippen LogP contribution >= 0.6 is 0 Å². The van der Waals surface area contributed by atoms with Crippen LogP contribution in [0.3, 0.4) is 0 Å². The van der Waals surface area contributed by atoms with E-state index in [1.54, 1.807) is 0 Å². The number of nitrogens with two attached hydrogens (primary N) is 1. The molecule has 1 unspecified atom stereocenters. The van der Waals surface area contributed by atoms with Gasteiger partial charge in [-0.3, -0.25) is 0 Å². The van der Waals surface area contributed by atoms with Crippen molar-refractivity contribution in [3.63, 3.8) is 0 Å². The number of halogens is 2. The number of aromatic nitrogens is 2. The SMILES string of the molecule is CC(CCN)CCc1nc(-c2ccc(F)c(F)c2)no1. The van der Waals surface area contributed by atoms with Crippen molar-refractivity contribution in [2.45, 2.75) is 26.2 Å². The van der Waals surface area contributed by atoms with E-state index in [0.717, 1.165) is 25.0 Å². The molecule has 2 N–H and O–H groups in total. The van der Waals surface area contributed by atoms with Gasteiger partial charge in [-0.05, 0) is 43.5 Å². The summed E-state index contributed by atoms with van der Waals surface area (Å²) in [5, 5.41) is 3.78. The molecular formula is C14H17F2N3O. The summed E-state index contributed by atoms with van der Waals surface area (Å²) in [7, 11) is 0. The molecule has 0 bridgehead atoms. The molecule has 108 valence electrons. The summed E-state index contributed by atoms with van der Waals surface area (Å²) in [5.41, 5.74) is 5.88. The molecule has 0 fully saturated rings. The van der Waals surface area contributed by atoms with E-state index in [-0.39, 0.29) is 5.82 Å². The molecule has 0 amide bonds. The maximum atomic E-state index is 13.1. The highest BCUT2D eigenvalue weighted by atomic mass is 19.2. The fraction of sp³-hybridized carbons (Fsp3) is 0.429. The van der Waals surface area contributed by atoms with Crippen LogP contribution in [0.15, 0.2) is 22.7 Å². The van der Waals surface area contributed by atoms with Crippen molar-refractivity contribution in [3.8, 4) is 11.4 Å². The molecule has 0 radical (unpaired) electrons. The van der Waals surface area contributed by atoms with Gasteiger partial charge in [-0.1, -0.05) is 12.1 Å². The van der Waals surface area contributed by atoms with Gasteiger partial charge in [0.2, 0.25) is 11.7 Å². The summed E-state index contributed by atoms with van der Waals surface area (Å²) >= 11 is 0. The van der Waals surface area contributed by atoms with Gasteiger partial charge in [0.1, 0.15) is 0 Å². The Kier molecular flexibility index (Phi) is 4.79. The molecule has 0 saturated heterocycles. The molecule has 1 heterocycles. The third kappa shape index (κ3) is 3.60. The molecule has 0 aliphatic carbocycles. The van der Waals surface area contributed by atoms with Crippen LogP contribution in [-0.2, 0) is 6.42 Å². The highest BCUT2D eigenvalue weighted by molar-refractivity contribution is 5.54. The smallest absolute Gasteiger partial charge is 0.226 e. The van der Waals surface area contributed by atoms with E-state index in [0.29, 0.717) is 30.3 Å². The second-order valence-electron chi connectivity index (χ2n) is 4.86. The first-order valence-corrected chi connectivity index (χ1v) is 6.58. The van der Waals surface area contributed by atoms with Crippen LogP contribution in [0.5, 0.6) is 0 Å². The lowest BCUT2D eigenvalue weighted by molar-refractivity contribution is 0.362. The average Bonchev–Trinajstić information content (AvgIpc) is 2.89. The summed E-state index contributed by atoms with van der Waals surface area (Å²) < 4.78 is 31.1. The normalized spacial score (nSPS) is 12.6. The minimum Gasteiger partial charge on any atom is -0.339 e. The quantitative estimate of drug-likeness (QED) is 0.884. The van der Waals surface area contributed by atoms with E-state index in [9.17, 15) is 8.78 Å². The first-order valence-electron chi connectivity index (χ1n) is 6.58. The molecule has 20 heavy (non-hydrogen) atoms. The topological polar surface area (TPSA) is 64.9 Å². The maximum absolute atomic E-state index is 13.1. The molecule has 1 atom stereocenters. The van der Waals surface area contributed by atoms with Crippen LogP contribution in [0.1, 0.15) is 25.7 Å². The second kappa shape index (κ2) is 6.56. The average molecular weight is 281 g/mol. The third-order valence-electron chi connectivity index (χ3n) is 3.16. The third-order valence-corrected chi connectivity index (χ3v) is 3.16. The zero-order chi connectivity index (χ0) is 14.5. The maximum Gasteiger partial charge on any atom is 0.226 e. The largest absolute Gasteiger partial charge is 0.339 e. The monoisotopic (exact) mass is 281 g/mol. The summed E-state index contributed by atoms with van der Waals surface area (Å²) in [5.74, 6) is -0.573. The Balaban J connectivity index is 2.03. The van der Waals surface area contributed by atoms with E-state index in [1.165, 1.54) is 6.07 Å². The first-order chi connectivity index (χ1) is 9.60. The van der Waals surface area contributed by atoms with Crippen molar-refractivity contribution in [3.05, 3.63) is 35.7 Å². The minimum absolute atomic E-state index is 0.269. The zero-order valence-electron chi connectivity index (χ0n) is 11.3. The lowest BCUT2D eigenvalue weighted by Crippen LogP contribution is -2.06. The second-order valence-corrected chi connectivity index (χ2v) is 4.86. The van der Waals surface area contributed by atoms with E-state index < -0.39 is 11.6 Å². The van der Waals surface area contributed by atoms with E-state index in [1.807, 2.05) is 0 Å². The lowest BCUT2D eigenvalue weighted by Gasteiger charge is -2.06. The molecule has 1 aromatic carbocycles. The Labute approximate surface area is 116 Å². The van der Waals surface area contributed by atoms with Gasteiger partial charge in [0, 0.05) is 12.0 Å². The molecule has 6 heteroatoms. The van der Waals surface area contributed by atoms with E-state index in [2.05, 4.69) is 17.1 Å². The number of nitrogens with zero attached hydrogens (tertiary/aromatic N) is 2. The van der Waals surface area contributed by atoms with Crippen molar-refractivity contribution >= 4 is 0 Å². The number of hydrogen-bond donors (Lipinski definition) is 1. The summed E-state index contributed by atoms with van der Waals surface area (Å²) in [6.45, 7) is 2.77. The number of rotatable bonds is 6. The summed E-state index contributed by atoms with van der Waals surface area (Å²) in [4.78, 5) is 4.19. The molecule has 0 saturated carbocycles. The summed E-state index contributed by atoms with van der Waals surface area (Å²) in [6, 6.07) is 3.52. The predicted octanol–water partition coefficient (Wildman–Crippen LogP) is 2.93. The zero-order valence-corrected chi connectivity index (χ0v) is 11.3. The van der Waals surface area contributed by atoms with E-state index >= 15 is 0 Å². The molecule has 2 aromatic rings. The molecular weight excluding hydrogens is 264 g/mol. The lowest BCUT2D eigenvalue weighted by atomic mass is 10.0. The van der Waals surface area contributed by atoms with Crippen molar-refractivity contribution in [1.82, 2.24) is 10.1 Å². The van der Waals surface area contributed by atoms with Crippen molar-refractivity contribution in [1.29, 1.82) is 0 Å². The Morgan fingerprint density at radius 2 is 2.05 bits per heavy atom. The Hall–Kier alpha value is -1.82. The van der Waals surface area contributed by atoms with Crippen LogP contribution in [0.2, 0.25) is 0 Å². The highest BCUT2D eigenvalue weighted by Gasteiger charge is 2.12. The van der Waals surface area contributed by atoms with Gasteiger partial charge in [-0.25, -0.2) is 8.78 Å².